The van der Waals surface area contributed by atoms with Crippen LogP contribution in [0.15, 0.2) is 76.9 Å². The lowest BCUT2D eigenvalue weighted by atomic mass is 10.2. The molecule has 0 radical (unpaired) electrons. The van der Waals surface area contributed by atoms with E-state index < -0.39 is 11.9 Å². The number of aromatic nitrogens is 5. The molecule has 0 aliphatic rings. The van der Waals surface area contributed by atoms with Gasteiger partial charge in [0.05, 0.1) is 7.11 Å². The molecule has 0 aliphatic carbocycles. The van der Waals surface area contributed by atoms with Gasteiger partial charge in [0, 0.05) is 11.3 Å². The minimum Gasteiger partial charge on any atom is -0.497 e. The van der Waals surface area contributed by atoms with Crippen LogP contribution in [0.1, 0.15) is 5.69 Å². The average Bonchev–Trinajstić information content (AvgIpc) is 3.17. The Morgan fingerprint density at radius 1 is 0.867 bits per heavy atom. The van der Waals surface area contributed by atoms with Crippen LogP contribution in [-0.4, -0.2) is 32.1 Å². The summed E-state index contributed by atoms with van der Waals surface area (Å²) in [6.07, 6.45) is -4.54. The largest absolute Gasteiger partial charge is 0.497 e. The van der Waals surface area contributed by atoms with Gasteiger partial charge < -0.3 is 4.74 Å². The molecule has 4 rings (SSSR count). The van der Waals surface area contributed by atoms with Gasteiger partial charge in [-0.1, -0.05) is 30.3 Å². The van der Waals surface area contributed by atoms with Crippen LogP contribution >= 0.6 is 11.8 Å². The number of benzene rings is 2. The Morgan fingerprint density at radius 3 is 2.33 bits per heavy atom. The molecule has 0 bridgehead atoms. The summed E-state index contributed by atoms with van der Waals surface area (Å²) >= 11 is 1.07. The molecule has 0 N–H and O–H groups in total. The van der Waals surface area contributed by atoms with Crippen molar-refractivity contribution in [2.75, 3.05) is 7.11 Å². The highest BCUT2D eigenvalue weighted by Crippen LogP contribution is 2.33. The lowest BCUT2D eigenvalue weighted by Gasteiger charge is -2.11. The molecule has 2 aromatic carbocycles. The number of para-hydroxylation sites is 1. The number of rotatable bonds is 5. The van der Waals surface area contributed by atoms with Gasteiger partial charge in [0.1, 0.15) is 10.8 Å². The van der Waals surface area contributed by atoms with Crippen molar-refractivity contribution in [1.82, 2.24) is 25.0 Å². The second-order valence-electron chi connectivity index (χ2n) is 6.07. The summed E-state index contributed by atoms with van der Waals surface area (Å²) < 4.78 is 45.3. The van der Waals surface area contributed by atoms with E-state index in [9.17, 15) is 13.2 Å². The molecule has 30 heavy (non-hydrogen) atoms. The molecular weight excluding hydrogens is 415 g/mol. The van der Waals surface area contributed by atoms with E-state index in [1.54, 1.807) is 11.7 Å². The molecule has 0 amide bonds. The van der Waals surface area contributed by atoms with Gasteiger partial charge in [-0.15, -0.1) is 20.4 Å². The van der Waals surface area contributed by atoms with E-state index in [1.807, 2.05) is 54.6 Å². The number of nitrogens with zero attached hydrogens (tertiary/aromatic N) is 5. The summed E-state index contributed by atoms with van der Waals surface area (Å²) in [5, 5.41) is 16.2. The first kappa shape index (κ1) is 19.9. The third-order valence-electron chi connectivity index (χ3n) is 4.10. The summed E-state index contributed by atoms with van der Waals surface area (Å²) in [5.74, 6) is 1.22. The van der Waals surface area contributed by atoms with Crippen LogP contribution in [0.2, 0.25) is 0 Å². The smallest absolute Gasteiger partial charge is 0.435 e. The zero-order chi connectivity index (χ0) is 21.1. The highest BCUT2D eigenvalue weighted by atomic mass is 32.2. The molecule has 0 spiro atoms. The molecular formula is C20H14F3N5OS. The van der Waals surface area contributed by atoms with Crippen LogP contribution in [0, 0.1) is 0 Å². The fraction of sp³-hybridized carbons (Fsp3) is 0.100. The summed E-state index contributed by atoms with van der Waals surface area (Å²) in [6.45, 7) is 0. The minimum absolute atomic E-state index is 0.268. The molecule has 2 heterocycles. The third kappa shape index (κ3) is 4.13. The molecule has 6 nitrogen and oxygen atoms in total. The molecule has 0 aliphatic heterocycles. The highest BCUT2D eigenvalue weighted by molar-refractivity contribution is 7.99. The summed E-state index contributed by atoms with van der Waals surface area (Å²) in [5.41, 5.74) is 0.521. The highest BCUT2D eigenvalue weighted by Gasteiger charge is 2.33. The molecule has 0 unspecified atom stereocenters. The average molecular weight is 429 g/mol. The first-order valence-corrected chi connectivity index (χ1v) is 9.51. The van der Waals surface area contributed by atoms with Crippen molar-refractivity contribution in [3.05, 3.63) is 72.4 Å². The maximum atomic E-state index is 12.7. The lowest BCUT2D eigenvalue weighted by molar-refractivity contribution is -0.141. The van der Waals surface area contributed by atoms with Crippen LogP contribution in [-0.2, 0) is 6.18 Å². The first-order chi connectivity index (χ1) is 14.5. The van der Waals surface area contributed by atoms with Crippen LogP contribution in [0.4, 0.5) is 13.2 Å². The maximum Gasteiger partial charge on any atom is 0.435 e. The van der Waals surface area contributed by atoms with Gasteiger partial charge in [0.25, 0.3) is 0 Å². The molecule has 10 heteroatoms. The zero-order valence-electron chi connectivity index (χ0n) is 15.5. The van der Waals surface area contributed by atoms with Gasteiger partial charge in [-0.05, 0) is 48.2 Å². The second-order valence-corrected chi connectivity index (χ2v) is 7.05. The Balaban J connectivity index is 1.76. The van der Waals surface area contributed by atoms with Gasteiger partial charge in [-0.25, -0.2) is 0 Å². The first-order valence-electron chi connectivity index (χ1n) is 8.70. The van der Waals surface area contributed by atoms with Gasteiger partial charge in [-0.3, -0.25) is 4.57 Å². The van der Waals surface area contributed by atoms with Crippen LogP contribution < -0.4 is 4.74 Å². The predicted molar refractivity (Wildman–Crippen MR) is 105 cm³/mol. The quantitative estimate of drug-likeness (QED) is 0.450. The van der Waals surface area contributed by atoms with Crippen LogP contribution in [0.3, 0.4) is 0 Å². The number of ether oxygens (including phenoxy) is 1. The molecule has 4 aromatic rings. The number of alkyl halides is 3. The number of halogens is 3. The second kappa shape index (κ2) is 8.15. The van der Waals surface area contributed by atoms with E-state index in [1.165, 1.54) is 6.07 Å². The van der Waals surface area contributed by atoms with Crippen molar-refractivity contribution in [3.8, 4) is 22.8 Å². The fourth-order valence-electron chi connectivity index (χ4n) is 2.71. The molecule has 152 valence electrons. The summed E-state index contributed by atoms with van der Waals surface area (Å²) in [7, 11) is 1.57. The molecule has 0 fully saturated rings. The van der Waals surface area contributed by atoms with Crippen molar-refractivity contribution in [1.29, 1.82) is 0 Å². The molecule has 0 saturated carbocycles. The van der Waals surface area contributed by atoms with Crippen molar-refractivity contribution < 1.29 is 17.9 Å². The molecule has 2 aromatic heterocycles. The van der Waals surface area contributed by atoms with E-state index >= 15 is 0 Å². The minimum atomic E-state index is -4.54. The normalized spacial score (nSPS) is 11.5. The number of hydrogen-bond acceptors (Lipinski definition) is 6. The number of methoxy groups -OCH3 is 1. The van der Waals surface area contributed by atoms with Crippen LogP contribution in [0.5, 0.6) is 5.75 Å². The van der Waals surface area contributed by atoms with Crippen molar-refractivity contribution in [3.63, 3.8) is 0 Å². The Kier molecular flexibility index (Phi) is 5.40. The maximum absolute atomic E-state index is 12.7. The van der Waals surface area contributed by atoms with Crippen LogP contribution in [0.25, 0.3) is 17.1 Å². The summed E-state index contributed by atoms with van der Waals surface area (Å²) in [6, 6.07) is 18.9. The monoisotopic (exact) mass is 429 g/mol. The van der Waals surface area contributed by atoms with Crippen molar-refractivity contribution in [2.24, 2.45) is 0 Å². The fourth-order valence-corrected chi connectivity index (χ4v) is 3.48. The van der Waals surface area contributed by atoms with E-state index in [2.05, 4.69) is 20.4 Å². The topological polar surface area (TPSA) is 65.7 Å². The van der Waals surface area contributed by atoms with E-state index in [4.69, 9.17) is 4.74 Å². The third-order valence-corrected chi connectivity index (χ3v) is 4.98. The standard InChI is InChI=1S/C20H14F3N5OS/c1-29-15-9-5-6-13(12-15)18-26-27-19(28(18)14-7-3-2-4-8-14)30-17-11-10-16(24-25-17)20(21,22)23/h2-12H,1H3. The van der Waals surface area contributed by atoms with E-state index in [0.717, 1.165) is 29.1 Å². The SMILES string of the molecule is COc1cccc(-c2nnc(Sc3ccc(C(F)(F)F)nn3)n2-c2ccccc2)c1. The zero-order valence-corrected chi connectivity index (χ0v) is 16.4. The Labute approximate surface area is 173 Å². The van der Waals surface area contributed by atoms with Gasteiger partial charge in [0.15, 0.2) is 11.5 Å². The molecule has 0 saturated heterocycles. The van der Waals surface area contributed by atoms with E-state index in [-0.39, 0.29) is 5.03 Å². The van der Waals surface area contributed by atoms with Gasteiger partial charge >= 0.3 is 6.18 Å². The van der Waals surface area contributed by atoms with Crippen molar-refractivity contribution in [2.45, 2.75) is 16.4 Å². The predicted octanol–water partition coefficient (Wildman–Crippen LogP) is 4.90. The van der Waals surface area contributed by atoms with Gasteiger partial charge in [-0.2, -0.15) is 13.2 Å². The lowest BCUT2D eigenvalue weighted by Crippen LogP contribution is -2.08. The molecule has 0 atom stereocenters. The summed E-state index contributed by atoms with van der Waals surface area (Å²) in [4.78, 5) is 0. The van der Waals surface area contributed by atoms with E-state index in [0.29, 0.717) is 16.7 Å². The number of hydrogen-bond donors (Lipinski definition) is 0. The Hall–Kier alpha value is -3.40. The Bertz CT molecular complexity index is 1150. The Morgan fingerprint density at radius 2 is 1.67 bits per heavy atom. The van der Waals surface area contributed by atoms with Crippen molar-refractivity contribution >= 4 is 11.8 Å². The van der Waals surface area contributed by atoms with Gasteiger partial charge in [0.2, 0.25) is 5.16 Å².